The summed E-state index contributed by atoms with van der Waals surface area (Å²) in [6.45, 7) is 0. The molecule has 0 bridgehead atoms. The van der Waals surface area contributed by atoms with E-state index in [0.717, 1.165) is 22.1 Å². The number of nitro benzene ring substituents is 1. The van der Waals surface area contributed by atoms with E-state index in [4.69, 9.17) is 4.74 Å². The summed E-state index contributed by atoms with van der Waals surface area (Å²) in [7, 11) is 1.55. The summed E-state index contributed by atoms with van der Waals surface area (Å²) in [5, 5.41) is 14.9. The number of halogens is 1. The van der Waals surface area contributed by atoms with Crippen molar-refractivity contribution in [3.63, 3.8) is 0 Å². The monoisotopic (exact) mass is 400 g/mol. The number of fused-ring (bicyclic) bond motifs is 3. The van der Waals surface area contributed by atoms with Crippen LogP contribution in [0.15, 0.2) is 53.0 Å². The molecule has 0 radical (unpaired) electrons. The predicted octanol–water partition coefficient (Wildman–Crippen LogP) is 5.19. The Labute approximate surface area is 154 Å². The molecule has 0 saturated heterocycles. The van der Waals surface area contributed by atoms with Gasteiger partial charge in [-0.15, -0.1) is 0 Å². The van der Waals surface area contributed by atoms with Crippen molar-refractivity contribution in [2.75, 3.05) is 12.4 Å². The third kappa shape index (κ3) is 2.70. The number of benzene rings is 2. The summed E-state index contributed by atoms with van der Waals surface area (Å²) in [5.74, 6) is 1.00. The first-order chi connectivity index (χ1) is 12.1. The van der Waals surface area contributed by atoms with Gasteiger partial charge < -0.3 is 10.1 Å². The highest BCUT2D eigenvalue weighted by Gasteiger charge is 2.40. The lowest BCUT2D eigenvalue weighted by atomic mass is 9.76. The van der Waals surface area contributed by atoms with Gasteiger partial charge in [0.05, 0.1) is 29.8 Å². The minimum Gasteiger partial charge on any atom is -0.494 e. The van der Waals surface area contributed by atoms with E-state index < -0.39 is 0 Å². The van der Waals surface area contributed by atoms with Gasteiger partial charge in [-0.25, -0.2) is 0 Å². The molecule has 1 aliphatic heterocycles. The summed E-state index contributed by atoms with van der Waals surface area (Å²) in [4.78, 5) is 10.9. The van der Waals surface area contributed by atoms with Crippen LogP contribution in [0.5, 0.6) is 5.75 Å². The molecule has 2 aliphatic rings. The smallest absolute Gasteiger partial charge is 0.273 e. The second-order valence-electron chi connectivity index (χ2n) is 6.40. The molecule has 0 spiro atoms. The number of nitrogens with one attached hydrogen (secondary N) is 1. The van der Waals surface area contributed by atoms with Crippen molar-refractivity contribution in [1.82, 2.24) is 0 Å². The molecule has 2 aromatic carbocycles. The molecule has 128 valence electrons. The quantitative estimate of drug-likeness (QED) is 0.437. The van der Waals surface area contributed by atoms with Gasteiger partial charge in [0.1, 0.15) is 5.75 Å². The molecule has 5 nitrogen and oxygen atoms in total. The molecule has 0 unspecified atom stereocenters. The Morgan fingerprint density at radius 1 is 1.28 bits per heavy atom. The Morgan fingerprint density at radius 3 is 2.72 bits per heavy atom. The number of non-ortho nitro benzene ring substituents is 1. The predicted molar refractivity (Wildman–Crippen MR) is 100 cm³/mol. The number of hydrogen-bond donors (Lipinski definition) is 1. The number of methoxy groups -OCH3 is 1. The van der Waals surface area contributed by atoms with Crippen molar-refractivity contribution in [2.24, 2.45) is 5.92 Å². The van der Waals surface area contributed by atoms with Crippen molar-refractivity contribution in [2.45, 2.75) is 18.4 Å². The third-order valence-corrected chi connectivity index (χ3v) is 5.61. The van der Waals surface area contributed by atoms with Crippen molar-refractivity contribution in [3.8, 4) is 5.75 Å². The lowest BCUT2D eigenvalue weighted by Crippen LogP contribution is -2.29. The van der Waals surface area contributed by atoms with Crippen LogP contribution in [0.4, 0.5) is 11.4 Å². The lowest BCUT2D eigenvalue weighted by Gasteiger charge is -2.38. The molecule has 3 atom stereocenters. The number of rotatable bonds is 3. The van der Waals surface area contributed by atoms with E-state index in [1.807, 2.05) is 12.1 Å². The number of ether oxygens (including phenoxy) is 1. The molecular weight excluding hydrogens is 384 g/mol. The SMILES string of the molecule is COc1cc([N+](=O)[O-])cc2c1N[C@H](c1ccc(Br)cc1)[C@H]1CC=C[C@@H]21. The molecule has 25 heavy (non-hydrogen) atoms. The first-order valence-corrected chi connectivity index (χ1v) is 8.93. The molecular formula is C19H17BrN2O3. The van der Waals surface area contributed by atoms with Gasteiger partial charge in [-0.05, 0) is 35.6 Å². The Morgan fingerprint density at radius 2 is 2.04 bits per heavy atom. The van der Waals surface area contributed by atoms with E-state index in [2.05, 4.69) is 45.5 Å². The number of nitro groups is 1. The Balaban J connectivity index is 1.84. The topological polar surface area (TPSA) is 64.4 Å². The van der Waals surface area contributed by atoms with Crippen LogP contribution >= 0.6 is 15.9 Å². The standard InChI is InChI=1S/C19H17BrN2O3/c1-25-17-10-13(22(23)24)9-16-14-3-2-4-15(14)18(21-19(16)17)11-5-7-12(20)8-6-11/h2-3,5-10,14-15,18,21H,4H2,1H3/t14-,15+,18-/m1/s1. The maximum absolute atomic E-state index is 11.3. The van der Waals surface area contributed by atoms with Crippen molar-refractivity contribution in [1.29, 1.82) is 0 Å². The van der Waals surface area contributed by atoms with Crippen LogP contribution in [0.25, 0.3) is 0 Å². The fraction of sp³-hybridized carbons (Fsp3) is 0.263. The van der Waals surface area contributed by atoms with Crippen molar-refractivity contribution < 1.29 is 9.66 Å². The summed E-state index contributed by atoms with van der Waals surface area (Å²) in [6, 6.07) is 11.6. The van der Waals surface area contributed by atoms with Crippen LogP contribution in [-0.2, 0) is 0 Å². The molecule has 1 heterocycles. The van der Waals surface area contributed by atoms with E-state index in [-0.39, 0.29) is 22.6 Å². The number of nitrogens with zero attached hydrogens (tertiary/aromatic N) is 1. The molecule has 2 aromatic rings. The highest BCUT2D eigenvalue weighted by Crippen LogP contribution is 2.53. The van der Waals surface area contributed by atoms with Gasteiger partial charge in [-0.2, -0.15) is 0 Å². The molecule has 4 rings (SSSR count). The summed E-state index contributed by atoms with van der Waals surface area (Å²) in [6.07, 6.45) is 5.28. The van der Waals surface area contributed by atoms with Crippen LogP contribution < -0.4 is 10.1 Å². The van der Waals surface area contributed by atoms with Gasteiger partial charge in [0, 0.05) is 16.5 Å². The first kappa shape index (κ1) is 16.1. The van der Waals surface area contributed by atoms with Gasteiger partial charge in [0.2, 0.25) is 0 Å². The van der Waals surface area contributed by atoms with Gasteiger partial charge >= 0.3 is 0 Å². The number of anilines is 1. The van der Waals surface area contributed by atoms with E-state index in [0.29, 0.717) is 11.7 Å². The van der Waals surface area contributed by atoms with E-state index in [9.17, 15) is 10.1 Å². The average molecular weight is 401 g/mol. The fourth-order valence-electron chi connectivity index (χ4n) is 3.92. The minimum absolute atomic E-state index is 0.0681. The van der Waals surface area contributed by atoms with Gasteiger partial charge in [-0.1, -0.05) is 40.2 Å². The van der Waals surface area contributed by atoms with Crippen LogP contribution in [0.2, 0.25) is 0 Å². The fourth-order valence-corrected chi connectivity index (χ4v) is 4.18. The Bertz CT molecular complexity index is 864. The Hall–Kier alpha value is -2.34. The van der Waals surface area contributed by atoms with Crippen LogP contribution in [-0.4, -0.2) is 12.0 Å². The van der Waals surface area contributed by atoms with Gasteiger partial charge in [0.15, 0.2) is 0 Å². The van der Waals surface area contributed by atoms with Gasteiger partial charge in [0.25, 0.3) is 5.69 Å². The highest BCUT2D eigenvalue weighted by molar-refractivity contribution is 9.10. The van der Waals surface area contributed by atoms with Gasteiger partial charge in [-0.3, -0.25) is 10.1 Å². The third-order valence-electron chi connectivity index (χ3n) is 5.08. The Kier molecular flexibility index (Phi) is 4.00. The average Bonchev–Trinajstić information content (AvgIpc) is 3.10. The van der Waals surface area contributed by atoms with Crippen LogP contribution in [0.1, 0.15) is 29.5 Å². The second-order valence-corrected chi connectivity index (χ2v) is 7.31. The zero-order chi connectivity index (χ0) is 17.6. The molecule has 1 N–H and O–H groups in total. The largest absolute Gasteiger partial charge is 0.494 e. The van der Waals surface area contributed by atoms with Crippen molar-refractivity contribution >= 4 is 27.3 Å². The summed E-state index contributed by atoms with van der Waals surface area (Å²) in [5.41, 5.74) is 3.07. The van der Waals surface area contributed by atoms with E-state index in [1.165, 1.54) is 11.6 Å². The van der Waals surface area contributed by atoms with Crippen LogP contribution in [0, 0.1) is 16.0 Å². The molecule has 1 aliphatic carbocycles. The molecule has 0 amide bonds. The number of allylic oxidation sites excluding steroid dienone is 2. The maximum Gasteiger partial charge on any atom is 0.273 e. The zero-order valence-corrected chi connectivity index (χ0v) is 15.2. The zero-order valence-electron chi connectivity index (χ0n) is 13.6. The molecule has 0 saturated carbocycles. The summed E-state index contributed by atoms with van der Waals surface area (Å²) < 4.78 is 6.50. The normalized spacial score (nSPS) is 23.5. The first-order valence-electron chi connectivity index (χ1n) is 8.13. The molecule has 0 fully saturated rings. The lowest BCUT2D eigenvalue weighted by molar-refractivity contribution is -0.385. The maximum atomic E-state index is 11.3. The second kappa shape index (κ2) is 6.19. The summed E-state index contributed by atoms with van der Waals surface area (Å²) >= 11 is 3.48. The van der Waals surface area contributed by atoms with Crippen LogP contribution in [0.3, 0.4) is 0 Å². The highest BCUT2D eigenvalue weighted by atomic mass is 79.9. The number of hydrogen-bond acceptors (Lipinski definition) is 4. The molecule has 6 heteroatoms. The molecule has 0 aromatic heterocycles. The van der Waals surface area contributed by atoms with E-state index in [1.54, 1.807) is 13.2 Å². The van der Waals surface area contributed by atoms with Crippen molar-refractivity contribution in [3.05, 3.63) is 74.3 Å². The minimum atomic E-state index is -0.364. The van der Waals surface area contributed by atoms with E-state index >= 15 is 0 Å².